The highest BCUT2D eigenvalue weighted by molar-refractivity contribution is 9.11. The number of hydrogen-bond acceptors (Lipinski definition) is 4. The smallest absolute Gasteiger partial charge is 0.246 e. The molecule has 0 atom stereocenters. The fraction of sp³-hybridized carbons (Fsp3) is 0.167. The van der Waals surface area contributed by atoms with Crippen LogP contribution < -0.4 is 10.5 Å². The Kier molecular flexibility index (Phi) is 4.97. The molecule has 2 rings (SSSR count). The summed E-state index contributed by atoms with van der Waals surface area (Å²) in [4.78, 5) is -0.0631. The number of halogens is 3. The van der Waals surface area contributed by atoms with Crippen LogP contribution in [0.2, 0.25) is 0 Å². The van der Waals surface area contributed by atoms with Crippen molar-refractivity contribution >= 4 is 43.0 Å². The van der Waals surface area contributed by atoms with E-state index < -0.39 is 26.6 Å². The molecule has 0 aliphatic heterocycles. The summed E-state index contributed by atoms with van der Waals surface area (Å²) in [7, 11) is -4.26. The van der Waals surface area contributed by atoms with Crippen LogP contribution in [-0.4, -0.2) is 15.0 Å². The Morgan fingerprint density at radius 2 is 1.86 bits per heavy atom. The molecule has 114 valence electrons. The monoisotopic (exact) mass is 396 g/mol. The largest absolute Gasteiger partial charge is 0.399 e. The van der Waals surface area contributed by atoms with E-state index >= 15 is 0 Å². The molecule has 0 bridgehead atoms. The summed E-state index contributed by atoms with van der Waals surface area (Å²) < 4.78 is 54.2. The zero-order chi connectivity index (χ0) is 15.6. The molecule has 0 spiro atoms. The maximum absolute atomic E-state index is 13.6. The molecule has 9 heteroatoms. The van der Waals surface area contributed by atoms with Gasteiger partial charge >= 0.3 is 0 Å². The highest BCUT2D eigenvalue weighted by Crippen LogP contribution is 2.23. The van der Waals surface area contributed by atoms with E-state index in [4.69, 9.17) is 5.73 Å². The summed E-state index contributed by atoms with van der Waals surface area (Å²) in [6, 6.07) is 5.23. The molecule has 0 aliphatic rings. The van der Waals surface area contributed by atoms with Crippen LogP contribution in [0.25, 0.3) is 0 Å². The standard InChI is InChI=1S/C12H11BrF2N2O2S2/c13-11-2-1-8(20-11)3-4-17-21(18,19)12-9(14)5-7(16)6-10(12)15/h1-2,5-6,17H,3-4,16H2. The van der Waals surface area contributed by atoms with Crippen LogP contribution in [-0.2, 0) is 16.4 Å². The molecule has 0 aliphatic carbocycles. The summed E-state index contributed by atoms with van der Waals surface area (Å²) in [6.07, 6.45) is 0.424. The average Bonchev–Trinajstić information content (AvgIpc) is 2.72. The molecule has 4 nitrogen and oxygen atoms in total. The van der Waals surface area contributed by atoms with Gasteiger partial charge in [0.05, 0.1) is 3.79 Å². The predicted octanol–water partition coefficient (Wildman–Crippen LogP) is 2.89. The fourth-order valence-electron chi connectivity index (χ4n) is 1.70. The van der Waals surface area contributed by atoms with E-state index in [-0.39, 0.29) is 12.2 Å². The molecule has 0 saturated carbocycles. The molecule has 0 unspecified atom stereocenters. The fourth-order valence-corrected chi connectivity index (χ4v) is 4.33. The Labute approximate surface area is 133 Å². The van der Waals surface area contributed by atoms with Gasteiger partial charge < -0.3 is 5.73 Å². The third kappa shape index (κ3) is 4.00. The average molecular weight is 397 g/mol. The summed E-state index contributed by atoms with van der Waals surface area (Å²) in [5.41, 5.74) is 5.08. The highest BCUT2D eigenvalue weighted by atomic mass is 79.9. The topological polar surface area (TPSA) is 72.2 Å². The van der Waals surface area contributed by atoms with Crippen molar-refractivity contribution in [3.05, 3.63) is 44.6 Å². The Bertz CT molecular complexity index is 739. The van der Waals surface area contributed by atoms with Gasteiger partial charge in [-0.05, 0) is 46.6 Å². The normalized spacial score (nSPS) is 11.8. The van der Waals surface area contributed by atoms with Gasteiger partial charge in [-0.1, -0.05) is 0 Å². The number of sulfonamides is 1. The second-order valence-corrected chi connectivity index (χ2v) is 8.42. The van der Waals surface area contributed by atoms with E-state index in [0.29, 0.717) is 6.42 Å². The van der Waals surface area contributed by atoms with Crippen molar-refractivity contribution in [2.75, 3.05) is 12.3 Å². The first kappa shape index (κ1) is 16.3. The van der Waals surface area contributed by atoms with Crippen molar-refractivity contribution in [1.29, 1.82) is 0 Å². The number of nitrogen functional groups attached to an aromatic ring is 1. The van der Waals surface area contributed by atoms with Gasteiger partial charge in [0.2, 0.25) is 10.0 Å². The van der Waals surface area contributed by atoms with Crippen molar-refractivity contribution in [3.63, 3.8) is 0 Å². The van der Waals surface area contributed by atoms with Crippen LogP contribution in [0.4, 0.5) is 14.5 Å². The predicted molar refractivity (Wildman–Crippen MR) is 81.7 cm³/mol. The Morgan fingerprint density at radius 1 is 1.24 bits per heavy atom. The lowest BCUT2D eigenvalue weighted by Gasteiger charge is -2.09. The van der Waals surface area contributed by atoms with Crippen LogP contribution in [0, 0.1) is 11.6 Å². The second-order valence-electron chi connectivity index (χ2n) is 4.17. The minimum atomic E-state index is -4.26. The van der Waals surface area contributed by atoms with Gasteiger partial charge in [-0.15, -0.1) is 11.3 Å². The number of anilines is 1. The van der Waals surface area contributed by atoms with E-state index in [9.17, 15) is 17.2 Å². The number of nitrogens with two attached hydrogens (primary N) is 1. The van der Waals surface area contributed by atoms with E-state index in [1.54, 1.807) is 0 Å². The molecule has 0 fully saturated rings. The van der Waals surface area contributed by atoms with Crippen molar-refractivity contribution in [2.45, 2.75) is 11.3 Å². The molecular weight excluding hydrogens is 386 g/mol. The lowest BCUT2D eigenvalue weighted by Crippen LogP contribution is -2.27. The van der Waals surface area contributed by atoms with Crippen LogP contribution in [0.15, 0.2) is 32.9 Å². The summed E-state index contributed by atoms with van der Waals surface area (Å²) in [5.74, 6) is -2.42. The SMILES string of the molecule is Nc1cc(F)c(S(=O)(=O)NCCc2ccc(Br)s2)c(F)c1. The van der Waals surface area contributed by atoms with E-state index in [1.807, 2.05) is 12.1 Å². The quantitative estimate of drug-likeness (QED) is 0.763. The van der Waals surface area contributed by atoms with Crippen LogP contribution in [0.1, 0.15) is 4.88 Å². The minimum Gasteiger partial charge on any atom is -0.399 e. The molecule has 0 radical (unpaired) electrons. The molecule has 1 aromatic carbocycles. The third-order valence-electron chi connectivity index (χ3n) is 2.58. The summed E-state index contributed by atoms with van der Waals surface area (Å²) >= 11 is 4.75. The number of thiophene rings is 1. The first-order chi connectivity index (χ1) is 9.79. The zero-order valence-electron chi connectivity index (χ0n) is 10.6. The summed E-state index contributed by atoms with van der Waals surface area (Å²) in [6.45, 7) is 0.0402. The Morgan fingerprint density at radius 3 is 2.38 bits per heavy atom. The minimum absolute atomic E-state index is 0.0402. The molecule has 1 heterocycles. The number of hydrogen-bond donors (Lipinski definition) is 2. The number of rotatable bonds is 5. The Balaban J connectivity index is 2.12. The second kappa shape index (κ2) is 6.39. The van der Waals surface area contributed by atoms with Crippen LogP contribution in [0.5, 0.6) is 0 Å². The Hall–Kier alpha value is -1.03. The van der Waals surface area contributed by atoms with E-state index in [0.717, 1.165) is 20.8 Å². The first-order valence-corrected chi connectivity index (χ1v) is 8.87. The highest BCUT2D eigenvalue weighted by Gasteiger charge is 2.24. The van der Waals surface area contributed by atoms with Crippen molar-refractivity contribution in [3.8, 4) is 0 Å². The summed E-state index contributed by atoms with van der Waals surface area (Å²) in [5, 5.41) is 0. The number of benzene rings is 1. The third-order valence-corrected chi connectivity index (χ3v) is 5.78. The van der Waals surface area contributed by atoms with Crippen LogP contribution >= 0.6 is 27.3 Å². The van der Waals surface area contributed by atoms with Gasteiger partial charge in [0.25, 0.3) is 0 Å². The maximum Gasteiger partial charge on any atom is 0.246 e. The van der Waals surface area contributed by atoms with Crippen molar-refractivity contribution < 1.29 is 17.2 Å². The van der Waals surface area contributed by atoms with Crippen LogP contribution in [0.3, 0.4) is 0 Å². The molecule has 0 amide bonds. The lowest BCUT2D eigenvalue weighted by molar-refractivity contribution is 0.515. The van der Waals surface area contributed by atoms with E-state index in [1.165, 1.54) is 11.3 Å². The molecular formula is C12H11BrF2N2O2S2. The number of nitrogens with one attached hydrogen (secondary N) is 1. The molecule has 2 aromatic rings. The van der Waals surface area contributed by atoms with Gasteiger partial charge in [0.15, 0.2) is 4.90 Å². The van der Waals surface area contributed by atoms with Crippen molar-refractivity contribution in [2.24, 2.45) is 0 Å². The van der Waals surface area contributed by atoms with Gasteiger partial charge in [-0.2, -0.15) is 0 Å². The molecule has 0 saturated heterocycles. The maximum atomic E-state index is 13.6. The van der Waals surface area contributed by atoms with Gasteiger partial charge in [-0.25, -0.2) is 21.9 Å². The van der Waals surface area contributed by atoms with Gasteiger partial charge in [0.1, 0.15) is 11.6 Å². The van der Waals surface area contributed by atoms with Gasteiger partial charge in [-0.3, -0.25) is 0 Å². The zero-order valence-corrected chi connectivity index (χ0v) is 13.8. The first-order valence-electron chi connectivity index (χ1n) is 5.78. The molecule has 1 aromatic heterocycles. The molecule has 3 N–H and O–H groups in total. The van der Waals surface area contributed by atoms with Crippen molar-refractivity contribution in [1.82, 2.24) is 4.72 Å². The molecule has 21 heavy (non-hydrogen) atoms. The van der Waals surface area contributed by atoms with Gasteiger partial charge in [0, 0.05) is 17.1 Å². The lowest BCUT2D eigenvalue weighted by atomic mass is 10.3. The van der Waals surface area contributed by atoms with E-state index in [2.05, 4.69) is 20.7 Å².